The summed E-state index contributed by atoms with van der Waals surface area (Å²) in [5.74, 6) is 2.24. The molecule has 0 heterocycles. The molecule has 22 heavy (non-hydrogen) atoms. The number of hydrogen-bond donors (Lipinski definition) is 0. The molecule has 0 spiro atoms. The van der Waals surface area contributed by atoms with Gasteiger partial charge in [-0.3, -0.25) is 0 Å². The van der Waals surface area contributed by atoms with Gasteiger partial charge in [0.25, 0.3) is 0 Å². The Labute approximate surface area is 127 Å². The highest BCUT2D eigenvalue weighted by atomic mass is 19.4. The van der Waals surface area contributed by atoms with Gasteiger partial charge in [0.15, 0.2) is 0 Å². The normalized spacial score (nSPS) is 11.3. The summed E-state index contributed by atoms with van der Waals surface area (Å²) < 4.78 is 40.9. The number of benzene rings is 2. The fourth-order valence-electron chi connectivity index (χ4n) is 2.11. The monoisotopic (exact) mass is 304 g/mol. The third-order valence-electron chi connectivity index (χ3n) is 3.25. The quantitative estimate of drug-likeness (QED) is 0.694. The molecular weight excluding hydrogens is 289 g/mol. The van der Waals surface area contributed by atoms with Gasteiger partial charge in [0.1, 0.15) is 5.75 Å². The molecule has 0 saturated carbocycles. The summed E-state index contributed by atoms with van der Waals surface area (Å²) in [4.78, 5) is 0. The minimum Gasteiger partial charge on any atom is -0.404 e. The predicted octanol–water partition coefficient (Wildman–Crippen LogP) is 5.36. The fourth-order valence-corrected chi connectivity index (χ4v) is 2.11. The summed E-state index contributed by atoms with van der Waals surface area (Å²) >= 11 is 0. The molecule has 0 aliphatic rings. The smallest absolute Gasteiger partial charge is 0.404 e. The van der Waals surface area contributed by atoms with Crippen LogP contribution in [-0.4, -0.2) is 6.36 Å². The number of ether oxygens (including phenoxy) is 1. The zero-order chi connectivity index (χ0) is 16.3. The lowest BCUT2D eigenvalue weighted by Crippen LogP contribution is -2.17. The van der Waals surface area contributed by atoms with E-state index in [1.54, 1.807) is 6.07 Å². The van der Waals surface area contributed by atoms with E-state index in [4.69, 9.17) is 6.42 Å². The highest BCUT2D eigenvalue weighted by molar-refractivity contribution is 5.68. The highest BCUT2D eigenvalue weighted by Crippen LogP contribution is 2.31. The standard InChI is InChI=1S/C18H15F3O/c1-4-13-10-16(8-9-17(13)22-18(19,20)21)15-7-5-6-14(11-15)12(2)3/h1,5-12H,2-3H3. The van der Waals surface area contributed by atoms with Gasteiger partial charge in [0.2, 0.25) is 0 Å². The molecule has 0 amide bonds. The lowest BCUT2D eigenvalue weighted by molar-refractivity contribution is -0.274. The van der Waals surface area contributed by atoms with E-state index in [9.17, 15) is 13.2 Å². The maximum atomic E-state index is 12.3. The zero-order valence-electron chi connectivity index (χ0n) is 12.2. The van der Waals surface area contributed by atoms with Crippen LogP contribution < -0.4 is 4.74 Å². The van der Waals surface area contributed by atoms with Crippen molar-refractivity contribution in [2.45, 2.75) is 26.1 Å². The molecule has 2 aromatic carbocycles. The average molecular weight is 304 g/mol. The molecule has 4 heteroatoms. The van der Waals surface area contributed by atoms with Gasteiger partial charge in [-0.05, 0) is 34.7 Å². The molecule has 0 N–H and O–H groups in total. The van der Waals surface area contributed by atoms with Crippen molar-refractivity contribution in [2.75, 3.05) is 0 Å². The topological polar surface area (TPSA) is 9.23 Å². The van der Waals surface area contributed by atoms with Crippen molar-refractivity contribution in [2.24, 2.45) is 0 Å². The van der Waals surface area contributed by atoms with Gasteiger partial charge in [0.05, 0.1) is 5.56 Å². The second-order valence-corrected chi connectivity index (χ2v) is 5.18. The second kappa shape index (κ2) is 6.15. The Balaban J connectivity index is 2.42. The first-order valence-corrected chi connectivity index (χ1v) is 6.77. The van der Waals surface area contributed by atoms with Gasteiger partial charge in [-0.25, -0.2) is 0 Å². The minimum atomic E-state index is -4.76. The Bertz CT molecular complexity index is 709. The molecule has 0 unspecified atom stereocenters. The first-order chi connectivity index (χ1) is 10.3. The van der Waals surface area contributed by atoms with Gasteiger partial charge in [-0.2, -0.15) is 0 Å². The van der Waals surface area contributed by atoms with Crippen molar-refractivity contribution in [1.29, 1.82) is 0 Å². The Morgan fingerprint density at radius 2 is 1.73 bits per heavy atom. The summed E-state index contributed by atoms with van der Waals surface area (Å²) in [5.41, 5.74) is 2.88. The molecule has 0 bridgehead atoms. The van der Waals surface area contributed by atoms with Crippen LogP contribution in [0.3, 0.4) is 0 Å². The first-order valence-electron chi connectivity index (χ1n) is 6.77. The molecule has 114 valence electrons. The van der Waals surface area contributed by atoms with Crippen molar-refractivity contribution in [1.82, 2.24) is 0 Å². The summed E-state index contributed by atoms with van der Waals surface area (Å²) in [5, 5.41) is 0. The SMILES string of the molecule is C#Cc1cc(-c2cccc(C(C)C)c2)ccc1OC(F)(F)F. The zero-order valence-corrected chi connectivity index (χ0v) is 12.2. The molecule has 0 fully saturated rings. The maximum Gasteiger partial charge on any atom is 0.573 e. The predicted molar refractivity (Wildman–Crippen MR) is 80.6 cm³/mol. The van der Waals surface area contributed by atoms with Gasteiger partial charge in [-0.15, -0.1) is 19.6 Å². The van der Waals surface area contributed by atoms with Gasteiger partial charge in [0, 0.05) is 0 Å². The maximum absolute atomic E-state index is 12.3. The van der Waals surface area contributed by atoms with Crippen LogP contribution in [0.1, 0.15) is 30.9 Å². The van der Waals surface area contributed by atoms with Crippen LogP contribution in [0, 0.1) is 12.3 Å². The van der Waals surface area contributed by atoms with Crippen LogP contribution in [0.15, 0.2) is 42.5 Å². The van der Waals surface area contributed by atoms with Crippen LogP contribution in [0.4, 0.5) is 13.2 Å². The van der Waals surface area contributed by atoms with Crippen LogP contribution >= 0.6 is 0 Å². The Morgan fingerprint density at radius 1 is 1.05 bits per heavy atom. The van der Waals surface area contributed by atoms with Crippen LogP contribution in [0.25, 0.3) is 11.1 Å². The summed E-state index contributed by atoms with van der Waals surface area (Å²) in [7, 11) is 0. The van der Waals surface area contributed by atoms with Crippen LogP contribution in [0.2, 0.25) is 0 Å². The van der Waals surface area contributed by atoms with Crippen molar-refractivity contribution >= 4 is 0 Å². The van der Waals surface area contributed by atoms with Gasteiger partial charge in [-0.1, -0.05) is 50.1 Å². The number of halogens is 3. The molecule has 0 aromatic heterocycles. The van der Waals surface area contributed by atoms with Crippen LogP contribution in [0.5, 0.6) is 5.75 Å². The number of hydrogen-bond acceptors (Lipinski definition) is 1. The van der Waals surface area contributed by atoms with Crippen molar-refractivity contribution in [3.05, 3.63) is 53.6 Å². The molecule has 2 aromatic rings. The van der Waals surface area contributed by atoms with E-state index in [2.05, 4.69) is 24.5 Å². The van der Waals surface area contributed by atoms with Gasteiger partial charge >= 0.3 is 6.36 Å². The lowest BCUT2D eigenvalue weighted by Gasteiger charge is -2.13. The third kappa shape index (κ3) is 3.82. The number of alkyl halides is 3. The molecule has 0 aliphatic heterocycles. The molecule has 2 rings (SSSR count). The van der Waals surface area contributed by atoms with E-state index in [1.165, 1.54) is 12.1 Å². The fraction of sp³-hybridized carbons (Fsp3) is 0.222. The highest BCUT2D eigenvalue weighted by Gasteiger charge is 2.32. The van der Waals surface area contributed by atoms with Crippen LogP contribution in [-0.2, 0) is 0 Å². The largest absolute Gasteiger partial charge is 0.573 e. The van der Waals surface area contributed by atoms with E-state index < -0.39 is 6.36 Å². The van der Waals surface area contributed by atoms with E-state index in [1.807, 2.05) is 24.3 Å². The first kappa shape index (κ1) is 16.0. The second-order valence-electron chi connectivity index (χ2n) is 5.18. The molecule has 0 aliphatic carbocycles. The Hall–Kier alpha value is -2.41. The van der Waals surface area contributed by atoms with Crippen molar-refractivity contribution in [3.8, 4) is 29.2 Å². The average Bonchev–Trinajstić information content (AvgIpc) is 2.46. The molecule has 0 saturated heterocycles. The van der Waals surface area contributed by atoms with Crippen molar-refractivity contribution in [3.63, 3.8) is 0 Å². The molecule has 1 nitrogen and oxygen atoms in total. The third-order valence-corrected chi connectivity index (χ3v) is 3.25. The minimum absolute atomic E-state index is 0.0739. The van der Waals surface area contributed by atoms with E-state index in [0.29, 0.717) is 5.92 Å². The molecule has 0 radical (unpaired) electrons. The Kier molecular flexibility index (Phi) is 4.46. The number of rotatable bonds is 3. The lowest BCUT2D eigenvalue weighted by atomic mass is 9.96. The van der Waals surface area contributed by atoms with E-state index in [-0.39, 0.29) is 11.3 Å². The molecule has 0 atom stereocenters. The Morgan fingerprint density at radius 3 is 2.32 bits per heavy atom. The van der Waals surface area contributed by atoms with Gasteiger partial charge < -0.3 is 4.74 Å². The number of terminal acetylenes is 1. The molecular formula is C18H15F3O. The summed E-state index contributed by atoms with van der Waals surface area (Å²) in [6.45, 7) is 4.15. The van der Waals surface area contributed by atoms with E-state index in [0.717, 1.165) is 16.7 Å². The summed E-state index contributed by atoms with van der Waals surface area (Å²) in [6.07, 6.45) is 0.538. The van der Waals surface area contributed by atoms with E-state index >= 15 is 0 Å². The van der Waals surface area contributed by atoms with Crippen molar-refractivity contribution < 1.29 is 17.9 Å². The summed E-state index contributed by atoms with van der Waals surface area (Å²) in [6, 6.07) is 12.2.